The molecule has 7 heteroatoms. The maximum atomic E-state index is 12.5. The molecule has 1 aromatic heterocycles. The Labute approximate surface area is 130 Å². The number of halogens is 1. The smallest absolute Gasteiger partial charge is 0.270 e. The molecule has 1 saturated carbocycles. The van der Waals surface area contributed by atoms with E-state index in [-0.39, 0.29) is 16.8 Å². The molecule has 1 aliphatic rings. The molecule has 21 heavy (non-hydrogen) atoms. The molecule has 5 nitrogen and oxygen atoms in total. The minimum Gasteiger partial charge on any atom is -0.340 e. The summed E-state index contributed by atoms with van der Waals surface area (Å²) in [4.78, 5) is 14.1. The molecule has 0 aromatic carbocycles. The Balaban J connectivity index is 2.21. The quantitative estimate of drug-likeness (QED) is 0.569. The number of carbonyl (C=O) groups is 1. The zero-order chi connectivity index (χ0) is 15.6. The molecule has 1 fully saturated rings. The molecule has 2 rings (SSSR count). The number of hydrogen-bond acceptors (Lipinski definition) is 3. The van der Waals surface area contributed by atoms with E-state index >= 15 is 0 Å². The molecule has 0 saturated heterocycles. The van der Waals surface area contributed by atoms with Gasteiger partial charge in [-0.3, -0.25) is 4.79 Å². The van der Waals surface area contributed by atoms with Crippen LogP contribution >= 0.6 is 10.7 Å². The van der Waals surface area contributed by atoms with E-state index in [2.05, 4.69) is 6.92 Å². The second kappa shape index (κ2) is 6.40. The molecule has 1 heterocycles. The summed E-state index contributed by atoms with van der Waals surface area (Å²) in [6, 6.07) is 1.61. The van der Waals surface area contributed by atoms with Gasteiger partial charge in [0.05, 0.1) is 0 Å². The first-order valence-corrected chi connectivity index (χ1v) is 9.57. The Bertz CT molecular complexity index is 620. The van der Waals surface area contributed by atoms with Crippen LogP contribution in [0.15, 0.2) is 17.2 Å². The highest BCUT2D eigenvalue weighted by Gasteiger charge is 2.30. The topological polar surface area (TPSA) is 59.4 Å². The van der Waals surface area contributed by atoms with Crippen LogP contribution in [0.4, 0.5) is 0 Å². The highest BCUT2D eigenvalue weighted by Crippen LogP contribution is 2.38. The summed E-state index contributed by atoms with van der Waals surface area (Å²) < 4.78 is 24.7. The summed E-state index contributed by atoms with van der Waals surface area (Å²) in [7, 11) is 3.33. The molecule has 0 N–H and O–H groups in total. The second-order valence-electron chi connectivity index (χ2n) is 5.57. The highest BCUT2D eigenvalue weighted by molar-refractivity contribution is 8.13. The van der Waals surface area contributed by atoms with Gasteiger partial charge >= 0.3 is 0 Å². The molecule has 0 unspecified atom stereocenters. The van der Waals surface area contributed by atoms with Crippen molar-refractivity contribution in [2.45, 2.75) is 50.0 Å². The molecule has 1 amide bonds. The second-order valence-corrected chi connectivity index (χ2v) is 8.14. The monoisotopic (exact) mass is 332 g/mol. The van der Waals surface area contributed by atoms with Crippen molar-refractivity contribution in [1.29, 1.82) is 0 Å². The van der Waals surface area contributed by atoms with Gasteiger partial charge in [0.2, 0.25) is 0 Å². The zero-order valence-electron chi connectivity index (χ0n) is 12.4. The Kier molecular flexibility index (Phi) is 4.99. The third-order valence-electron chi connectivity index (χ3n) is 3.71. The van der Waals surface area contributed by atoms with Gasteiger partial charge < -0.3 is 9.47 Å². The number of amides is 1. The van der Waals surface area contributed by atoms with Gasteiger partial charge in [-0.25, -0.2) is 8.42 Å². The molecule has 0 bridgehead atoms. The Morgan fingerprint density at radius 2 is 2.10 bits per heavy atom. The fraction of sp³-hybridized carbons (Fsp3) is 0.643. The van der Waals surface area contributed by atoms with Gasteiger partial charge in [-0.15, -0.1) is 0 Å². The summed E-state index contributed by atoms with van der Waals surface area (Å²) in [5, 5.41) is 0. The molecule has 1 aromatic rings. The van der Waals surface area contributed by atoms with E-state index in [1.807, 2.05) is 0 Å². The number of hydrogen-bond donors (Lipinski definition) is 0. The first-order valence-electron chi connectivity index (χ1n) is 7.26. The Morgan fingerprint density at radius 1 is 1.43 bits per heavy atom. The van der Waals surface area contributed by atoms with Gasteiger partial charge in [0.1, 0.15) is 10.6 Å². The van der Waals surface area contributed by atoms with Crippen molar-refractivity contribution in [2.75, 3.05) is 13.6 Å². The van der Waals surface area contributed by atoms with Crippen LogP contribution < -0.4 is 0 Å². The summed E-state index contributed by atoms with van der Waals surface area (Å²) in [5.74, 6) is -0.149. The predicted molar refractivity (Wildman–Crippen MR) is 82.2 cm³/mol. The van der Waals surface area contributed by atoms with Gasteiger partial charge in [0.15, 0.2) is 0 Å². The zero-order valence-corrected chi connectivity index (χ0v) is 14.0. The highest BCUT2D eigenvalue weighted by atomic mass is 35.7. The van der Waals surface area contributed by atoms with Gasteiger partial charge in [-0.1, -0.05) is 19.8 Å². The van der Waals surface area contributed by atoms with Gasteiger partial charge in [0, 0.05) is 36.5 Å². The standard InChI is InChI=1S/C14H21ClN2O3S/c1-3-4-5-8-16(2)14(18)13-9-12(21(15,19)20)10-17(13)11-6-7-11/h9-11H,3-8H2,1-2H3. The van der Waals surface area contributed by atoms with Crippen LogP contribution in [0.5, 0.6) is 0 Å². The lowest BCUT2D eigenvalue weighted by atomic mass is 10.2. The van der Waals surface area contributed by atoms with Crippen molar-refractivity contribution in [3.63, 3.8) is 0 Å². The van der Waals surface area contributed by atoms with E-state index in [1.165, 1.54) is 12.3 Å². The fourth-order valence-corrected chi connectivity index (χ4v) is 3.05. The maximum absolute atomic E-state index is 12.5. The number of aromatic nitrogens is 1. The van der Waals surface area contributed by atoms with Gasteiger partial charge in [0.25, 0.3) is 15.0 Å². The van der Waals surface area contributed by atoms with Crippen molar-refractivity contribution >= 4 is 25.6 Å². The molecule has 0 aliphatic heterocycles. The third kappa shape index (κ3) is 4.01. The van der Waals surface area contributed by atoms with E-state index in [4.69, 9.17) is 10.7 Å². The van der Waals surface area contributed by atoms with Crippen molar-refractivity contribution in [2.24, 2.45) is 0 Å². The van der Waals surface area contributed by atoms with E-state index in [1.54, 1.807) is 16.5 Å². The van der Waals surface area contributed by atoms with Crippen LogP contribution in [-0.2, 0) is 9.05 Å². The normalized spacial score (nSPS) is 15.2. The van der Waals surface area contributed by atoms with Crippen molar-refractivity contribution in [3.05, 3.63) is 18.0 Å². The lowest BCUT2D eigenvalue weighted by molar-refractivity contribution is 0.0781. The molecule has 0 atom stereocenters. The largest absolute Gasteiger partial charge is 0.340 e. The van der Waals surface area contributed by atoms with Crippen LogP contribution in [-0.4, -0.2) is 37.4 Å². The molecule has 0 spiro atoms. The Morgan fingerprint density at radius 3 is 2.62 bits per heavy atom. The van der Waals surface area contributed by atoms with Crippen LogP contribution in [0.2, 0.25) is 0 Å². The average molecular weight is 333 g/mol. The summed E-state index contributed by atoms with van der Waals surface area (Å²) in [6.45, 7) is 2.78. The first-order chi connectivity index (χ1) is 9.84. The van der Waals surface area contributed by atoms with Crippen molar-refractivity contribution < 1.29 is 13.2 Å². The van der Waals surface area contributed by atoms with Gasteiger partial charge in [-0.05, 0) is 25.3 Å². The van der Waals surface area contributed by atoms with Crippen molar-refractivity contribution in [1.82, 2.24) is 9.47 Å². The van der Waals surface area contributed by atoms with Crippen LogP contribution in [0.1, 0.15) is 55.6 Å². The first kappa shape index (κ1) is 16.4. The number of rotatable bonds is 7. The van der Waals surface area contributed by atoms with E-state index in [9.17, 15) is 13.2 Å². The molecule has 118 valence electrons. The van der Waals surface area contributed by atoms with E-state index in [0.717, 1.165) is 32.1 Å². The number of carbonyl (C=O) groups excluding carboxylic acids is 1. The van der Waals surface area contributed by atoms with Gasteiger partial charge in [-0.2, -0.15) is 0 Å². The molecular weight excluding hydrogens is 312 g/mol. The van der Waals surface area contributed by atoms with Crippen LogP contribution in [0.3, 0.4) is 0 Å². The third-order valence-corrected chi connectivity index (χ3v) is 5.03. The SMILES string of the molecule is CCCCCN(C)C(=O)c1cc(S(=O)(=O)Cl)cn1C1CC1. The lowest BCUT2D eigenvalue weighted by Crippen LogP contribution is -2.29. The Hall–Kier alpha value is -1.01. The summed E-state index contributed by atoms with van der Waals surface area (Å²) in [5.41, 5.74) is 0.413. The molecular formula is C14H21ClN2O3S. The molecule has 1 aliphatic carbocycles. The summed E-state index contributed by atoms with van der Waals surface area (Å²) >= 11 is 0. The lowest BCUT2D eigenvalue weighted by Gasteiger charge is -2.18. The predicted octanol–water partition coefficient (Wildman–Crippen LogP) is 3.01. The summed E-state index contributed by atoms with van der Waals surface area (Å²) in [6.07, 6.45) is 6.53. The molecule has 0 radical (unpaired) electrons. The van der Waals surface area contributed by atoms with Crippen LogP contribution in [0.25, 0.3) is 0 Å². The van der Waals surface area contributed by atoms with Crippen molar-refractivity contribution in [3.8, 4) is 0 Å². The minimum atomic E-state index is -3.81. The minimum absolute atomic E-state index is 0.00127. The number of nitrogens with zero attached hydrogens (tertiary/aromatic N) is 2. The van der Waals surface area contributed by atoms with Crippen LogP contribution in [0, 0.1) is 0 Å². The average Bonchev–Trinajstić information content (AvgIpc) is 3.15. The fourth-order valence-electron chi connectivity index (χ4n) is 2.31. The number of unbranched alkanes of at least 4 members (excludes halogenated alkanes) is 2. The maximum Gasteiger partial charge on any atom is 0.270 e. The van der Waals surface area contributed by atoms with E-state index < -0.39 is 9.05 Å². The van der Waals surface area contributed by atoms with E-state index in [0.29, 0.717) is 12.2 Å².